The van der Waals surface area contributed by atoms with Crippen LogP contribution < -0.4 is 10.1 Å². The molecule has 3 heteroatoms. The molecular weight excluding hydrogens is 510 g/mol. The lowest BCUT2D eigenvalue weighted by atomic mass is 9.94. The van der Waals surface area contributed by atoms with E-state index in [1.54, 1.807) is 0 Å². The topological polar surface area (TPSA) is 21.3 Å². The van der Waals surface area contributed by atoms with Gasteiger partial charge in [-0.2, -0.15) is 0 Å². The van der Waals surface area contributed by atoms with Crippen LogP contribution in [0.15, 0.2) is 146 Å². The van der Waals surface area contributed by atoms with Crippen LogP contribution in [0.25, 0.3) is 44.5 Å². The summed E-state index contributed by atoms with van der Waals surface area (Å²) in [7, 11) is 0. The summed E-state index contributed by atoms with van der Waals surface area (Å²) in [6.07, 6.45) is -0.287. The molecule has 7 rings (SSSR count). The summed E-state index contributed by atoms with van der Waals surface area (Å²) < 4.78 is 6.49. The molecule has 0 aromatic heterocycles. The summed E-state index contributed by atoms with van der Waals surface area (Å²) in [6, 6.07) is 50.6. The second-order valence-electron chi connectivity index (χ2n) is 9.98. The molecule has 1 N–H and O–H groups in total. The van der Waals surface area contributed by atoms with Crippen LogP contribution in [-0.2, 0) is 0 Å². The van der Waals surface area contributed by atoms with Crippen molar-refractivity contribution < 1.29 is 4.74 Å². The van der Waals surface area contributed by atoms with Crippen LogP contribution in [0, 0.1) is 0 Å². The van der Waals surface area contributed by atoms with Gasteiger partial charge in [-0.25, -0.2) is 0 Å². The molecule has 6 aromatic carbocycles. The molecule has 1 heterocycles. The predicted octanol–water partition coefficient (Wildman–Crippen LogP) is 10.5. The van der Waals surface area contributed by atoms with E-state index in [1.165, 1.54) is 22.3 Å². The van der Waals surface area contributed by atoms with E-state index in [-0.39, 0.29) is 6.23 Å². The first kappa shape index (κ1) is 24.3. The molecule has 1 aliphatic rings. The Morgan fingerprint density at radius 2 is 0.950 bits per heavy atom. The Kier molecular flexibility index (Phi) is 6.31. The molecule has 1 atom stereocenters. The molecule has 0 saturated carbocycles. The minimum atomic E-state index is -0.287. The molecule has 0 spiro atoms. The van der Waals surface area contributed by atoms with Gasteiger partial charge in [-0.3, -0.25) is 0 Å². The quantitative estimate of drug-likeness (QED) is 0.237. The van der Waals surface area contributed by atoms with Crippen LogP contribution in [0.5, 0.6) is 5.75 Å². The first-order valence-electron chi connectivity index (χ1n) is 13.4. The highest BCUT2D eigenvalue weighted by Crippen LogP contribution is 2.47. The van der Waals surface area contributed by atoms with E-state index < -0.39 is 0 Å². The molecule has 2 nitrogen and oxygen atoms in total. The molecule has 0 amide bonds. The number of rotatable bonds is 5. The summed E-state index contributed by atoms with van der Waals surface area (Å²) in [5.74, 6) is 0.840. The molecule has 0 radical (unpaired) electrons. The number of fused-ring (bicyclic) bond motifs is 1. The summed E-state index contributed by atoms with van der Waals surface area (Å²) >= 11 is 6.15. The normalized spacial score (nSPS) is 13.8. The van der Waals surface area contributed by atoms with E-state index >= 15 is 0 Å². The van der Waals surface area contributed by atoms with Crippen LogP contribution in [-0.4, -0.2) is 0 Å². The van der Waals surface area contributed by atoms with Gasteiger partial charge in [0.1, 0.15) is 5.75 Å². The van der Waals surface area contributed by atoms with Crippen molar-refractivity contribution in [1.82, 2.24) is 0 Å². The predicted molar refractivity (Wildman–Crippen MR) is 167 cm³/mol. The number of anilines is 1. The van der Waals surface area contributed by atoms with Crippen molar-refractivity contribution in [1.29, 1.82) is 0 Å². The zero-order chi connectivity index (χ0) is 26.9. The zero-order valence-corrected chi connectivity index (χ0v) is 22.5. The molecule has 40 heavy (non-hydrogen) atoms. The van der Waals surface area contributed by atoms with E-state index in [9.17, 15) is 0 Å². The van der Waals surface area contributed by atoms with Gasteiger partial charge in [0.15, 0.2) is 6.23 Å². The minimum Gasteiger partial charge on any atom is -0.464 e. The number of nitrogens with one attached hydrogen (secondary N) is 1. The van der Waals surface area contributed by atoms with Gasteiger partial charge in [-0.05, 0) is 63.2 Å². The monoisotopic (exact) mass is 535 g/mol. The Hall–Kier alpha value is -4.79. The standard InChI is InChI=1S/C37H26ClNO/c38-33-21-19-31(20-22-33)37-39-36-34(30-17-15-28(16-18-30)26-9-5-2-6-10-26)23-32(24-35(36)40-37)29-13-11-27(12-14-29)25-7-3-1-4-8-25/h1-24,37,39H. The Morgan fingerprint density at radius 1 is 0.475 bits per heavy atom. The maximum absolute atomic E-state index is 6.49. The number of benzene rings is 6. The molecule has 0 aliphatic carbocycles. The molecule has 1 aliphatic heterocycles. The zero-order valence-electron chi connectivity index (χ0n) is 21.7. The first-order valence-corrected chi connectivity index (χ1v) is 13.8. The van der Waals surface area contributed by atoms with Gasteiger partial charge >= 0.3 is 0 Å². The van der Waals surface area contributed by atoms with Crippen molar-refractivity contribution in [3.63, 3.8) is 0 Å². The Labute approximate surface area is 239 Å². The van der Waals surface area contributed by atoms with Crippen molar-refractivity contribution in [3.8, 4) is 50.3 Å². The van der Waals surface area contributed by atoms with Crippen LogP contribution in [0.2, 0.25) is 5.02 Å². The lowest BCUT2D eigenvalue weighted by Gasteiger charge is -2.13. The fourth-order valence-electron chi connectivity index (χ4n) is 5.29. The van der Waals surface area contributed by atoms with E-state index in [4.69, 9.17) is 16.3 Å². The maximum atomic E-state index is 6.49. The average molecular weight is 536 g/mol. The van der Waals surface area contributed by atoms with Crippen molar-refractivity contribution in [2.24, 2.45) is 0 Å². The second-order valence-corrected chi connectivity index (χ2v) is 10.4. The van der Waals surface area contributed by atoms with E-state index in [0.29, 0.717) is 5.02 Å². The second kappa shape index (κ2) is 10.4. The third-order valence-electron chi connectivity index (χ3n) is 7.42. The third kappa shape index (κ3) is 4.75. The van der Waals surface area contributed by atoms with Crippen LogP contribution in [0.1, 0.15) is 11.8 Å². The van der Waals surface area contributed by atoms with E-state index in [1.807, 2.05) is 36.4 Å². The summed E-state index contributed by atoms with van der Waals surface area (Å²) in [5, 5.41) is 4.34. The SMILES string of the molecule is Clc1ccc(C2Nc3c(cc(-c4ccc(-c5ccccc5)cc4)cc3-c3ccc(-c4ccccc4)cc3)O2)cc1. The number of hydrogen-bond donors (Lipinski definition) is 1. The van der Waals surface area contributed by atoms with Crippen LogP contribution in [0.4, 0.5) is 5.69 Å². The average Bonchev–Trinajstić information content (AvgIpc) is 3.46. The minimum absolute atomic E-state index is 0.287. The van der Waals surface area contributed by atoms with Gasteiger partial charge in [0.25, 0.3) is 0 Å². The van der Waals surface area contributed by atoms with Gasteiger partial charge in [-0.15, -0.1) is 0 Å². The highest BCUT2D eigenvalue weighted by atomic mass is 35.5. The van der Waals surface area contributed by atoms with Crippen LogP contribution in [0.3, 0.4) is 0 Å². The van der Waals surface area contributed by atoms with Crippen molar-refractivity contribution >= 4 is 17.3 Å². The molecule has 0 saturated heterocycles. The van der Waals surface area contributed by atoms with Gasteiger partial charge in [-0.1, -0.05) is 133 Å². The molecule has 0 bridgehead atoms. The third-order valence-corrected chi connectivity index (χ3v) is 7.68. The Balaban J connectivity index is 1.29. The van der Waals surface area contributed by atoms with Crippen molar-refractivity contribution in [3.05, 3.63) is 156 Å². The largest absolute Gasteiger partial charge is 0.464 e. The van der Waals surface area contributed by atoms with Gasteiger partial charge in [0.2, 0.25) is 0 Å². The summed E-state index contributed by atoms with van der Waals surface area (Å²) in [5.41, 5.74) is 11.3. The fourth-order valence-corrected chi connectivity index (χ4v) is 5.41. The molecule has 192 valence electrons. The van der Waals surface area contributed by atoms with E-state index in [2.05, 4.69) is 115 Å². The lowest BCUT2D eigenvalue weighted by Crippen LogP contribution is -2.09. The van der Waals surface area contributed by atoms with Crippen LogP contribution >= 0.6 is 11.6 Å². The maximum Gasteiger partial charge on any atom is 0.196 e. The van der Waals surface area contributed by atoms with Gasteiger partial charge in [0.05, 0.1) is 5.69 Å². The van der Waals surface area contributed by atoms with Gasteiger partial charge in [0, 0.05) is 16.1 Å². The van der Waals surface area contributed by atoms with E-state index in [0.717, 1.165) is 39.3 Å². The summed E-state index contributed by atoms with van der Waals surface area (Å²) in [4.78, 5) is 0. The Bertz CT molecular complexity index is 1760. The summed E-state index contributed by atoms with van der Waals surface area (Å²) in [6.45, 7) is 0. The molecular formula is C37H26ClNO. The molecule has 0 fully saturated rings. The first-order chi connectivity index (χ1) is 19.7. The Morgan fingerprint density at radius 3 is 1.50 bits per heavy atom. The lowest BCUT2D eigenvalue weighted by molar-refractivity contribution is 0.260. The number of halogens is 1. The fraction of sp³-hybridized carbons (Fsp3) is 0.0270. The molecule has 1 unspecified atom stereocenters. The highest BCUT2D eigenvalue weighted by Gasteiger charge is 2.27. The number of hydrogen-bond acceptors (Lipinski definition) is 2. The van der Waals surface area contributed by atoms with Crippen molar-refractivity contribution in [2.75, 3.05) is 5.32 Å². The van der Waals surface area contributed by atoms with Gasteiger partial charge < -0.3 is 10.1 Å². The molecule has 6 aromatic rings. The highest BCUT2D eigenvalue weighted by molar-refractivity contribution is 6.30. The van der Waals surface area contributed by atoms with Crippen molar-refractivity contribution in [2.45, 2.75) is 6.23 Å². The number of ether oxygens (including phenoxy) is 1. The smallest absolute Gasteiger partial charge is 0.196 e.